The molecule has 140 valence electrons. The molecule has 1 aromatic carbocycles. The Balaban J connectivity index is 0.00000312. The van der Waals surface area contributed by atoms with Gasteiger partial charge in [0.15, 0.2) is 0 Å². The lowest BCUT2D eigenvalue weighted by Crippen LogP contribution is -2.40. The SMILES string of the molecule is CSCCC(N)C(=O)NCc1ccc(C(=O)N2CCCCC2)cc1.Cl. The average molecular weight is 386 g/mol. The van der Waals surface area contributed by atoms with E-state index in [4.69, 9.17) is 5.73 Å². The molecule has 1 atom stereocenters. The largest absolute Gasteiger partial charge is 0.351 e. The standard InChI is InChI=1S/C18H27N3O2S.ClH/c1-24-12-9-16(19)17(22)20-13-14-5-7-15(8-6-14)18(23)21-10-3-2-4-11-21;/h5-8,16H,2-4,9-13,19H2,1H3,(H,20,22);1H. The van der Waals surface area contributed by atoms with Crippen molar-refractivity contribution in [2.75, 3.05) is 25.1 Å². The molecular weight excluding hydrogens is 358 g/mol. The maximum atomic E-state index is 12.4. The number of carbonyl (C=O) groups excluding carboxylic acids is 2. The lowest BCUT2D eigenvalue weighted by atomic mass is 10.1. The molecule has 5 nitrogen and oxygen atoms in total. The first-order valence-electron chi connectivity index (χ1n) is 8.52. The van der Waals surface area contributed by atoms with Gasteiger partial charge in [-0.3, -0.25) is 9.59 Å². The van der Waals surface area contributed by atoms with E-state index >= 15 is 0 Å². The van der Waals surface area contributed by atoms with Gasteiger partial charge in [0.25, 0.3) is 5.91 Å². The van der Waals surface area contributed by atoms with Gasteiger partial charge in [0, 0.05) is 25.2 Å². The van der Waals surface area contributed by atoms with Crippen LogP contribution < -0.4 is 11.1 Å². The van der Waals surface area contributed by atoms with E-state index in [9.17, 15) is 9.59 Å². The summed E-state index contributed by atoms with van der Waals surface area (Å²) in [6, 6.07) is 7.01. The van der Waals surface area contributed by atoms with E-state index in [1.165, 1.54) is 6.42 Å². The zero-order valence-corrected chi connectivity index (χ0v) is 16.3. The summed E-state index contributed by atoms with van der Waals surface area (Å²) in [7, 11) is 0. The number of benzene rings is 1. The van der Waals surface area contributed by atoms with Gasteiger partial charge in [-0.05, 0) is 55.4 Å². The fourth-order valence-corrected chi connectivity index (χ4v) is 3.23. The molecule has 2 rings (SSSR count). The van der Waals surface area contributed by atoms with Crippen LogP contribution in [0.5, 0.6) is 0 Å². The minimum absolute atomic E-state index is 0. The molecule has 25 heavy (non-hydrogen) atoms. The number of piperidine rings is 1. The predicted molar refractivity (Wildman–Crippen MR) is 106 cm³/mol. The summed E-state index contributed by atoms with van der Waals surface area (Å²) in [5.41, 5.74) is 7.52. The highest BCUT2D eigenvalue weighted by Gasteiger charge is 2.18. The van der Waals surface area contributed by atoms with Crippen LogP contribution >= 0.6 is 24.2 Å². The van der Waals surface area contributed by atoms with E-state index < -0.39 is 6.04 Å². The summed E-state index contributed by atoms with van der Waals surface area (Å²) in [4.78, 5) is 26.2. The first-order chi connectivity index (χ1) is 11.6. The molecule has 1 aliphatic rings. The van der Waals surface area contributed by atoms with Gasteiger partial charge in [0.1, 0.15) is 0 Å². The van der Waals surface area contributed by atoms with Crippen LogP contribution in [0.3, 0.4) is 0 Å². The van der Waals surface area contributed by atoms with Gasteiger partial charge in [-0.1, -0.05) is 12.1 Å². The Morgan fingerprint density at radius 2 is 1.84 bits per heavy atom. The van der Waals surface area contributed by atoms with Crippen LogP contribution in [0.15, 0.2) is 24.3 Å². The predicted octanol–water partition coefficient (Wildman–Crippen LogP) is 2.43. The molecule has 0 radical (unpaired) electrons. The molecule has 3 N–H and O–H groups in total. The minimum Gasteiger partial charge on any atom is -0.351 e. The zero-order valence-electron chi connectivity index (χ0n) is 14.7. The third-order valence-electron chi connectivity index (χ3n) is 4.28. The van der Waals surface area contributed by atoms with Gasteiger partial charge in [-0.15, -0.1) is 12.4 Å². The van der Waals surface area contributed by atoms with E-state index in [1.54, 1.807) is 11.8 Å². The second kappa shape index (κ2) is 11.4. The van der Waals surface area contributed by atoms with Gasteiger partial charge in [-0.25, -0.2) is 0 Å². The summed E-state index contributed by atoms with van der Waals surface area (Å²) in [6.45, 7) is 2.14. The number of hydrogen-bond acceptors (Lipinski definition) is 4. The highest BCUT2D eigenvalue weighted by molar-refractivity contribution is 7.98. The van der Waals surface area contributed by atoms with Gasteiger partial charge < -0.3 is 16.0 Å². The van der Waals surface area contributed by atoms with Crippen molar-refractivity contribution in [3.8, 4) is 0 Å². The summed E-state index contributed by atoms with van der Waals surface area (Å²) < 4.78 is 0. The van der Waals surface area contributed by atoms with Crippen LogP contribution in [0.2, 0.25) is 0 Å². The van der Waals surface area contributed by atoms with Crippen LogP contribution in [0.25, 0.3) is 0 Å². The van der Waals surface area contributed by atoms with Crippen LogP contribution in [-0.2, 0) is 11.3 Å². The number of nitrogens with two attached hydrogens (primary N) is 1. The molecule has 0 bridgehead atoms. The lowest BCUT2D eigenvalue weighted by molar-refractivity contribution is -0.122. The smallest absolute Gasteiger partial charge is 0.253 e. The van der Waals surface area contributed by atoms with Crippen LogP contribution in [0.1, 0.15) is 41.6 Å². The molecule has 0 saturated carbocycles. The molecule has 0 aliphatic carbocycles. The van der Waals surface area contributed by atoms with Crippen LogP contribution in [-0.4, -0.2) is 47.9 Å². The Morgan fingerprint density at radius 1 is 1.20 bits per heavy atom. The maximum absolute atomic E-state index is 12.4. The van der Waals surface area contributed by atoms with Crippen molar-refractivity contribution in [3.63, 3.8) is 0 Å². The second-order valence-corrected chi connectivity index (χ2v) is 7.14. The summed E-state index contributed by atoms with van der Waals surface area (Å²) in [6.07, 6.45) is 6.06. The Bertz CT molecular complexity index is 548. The molecule has 7 heteroatoms. The maximum Gasteiger partial charge on any atom is 0.253 e. The Morgan fingerprint density at radius 3 is 2.44 bits per heavy atom. The van der Waals surface area contributed by atoms with Crippen molar-refractivity contribution in [1.82, 2.24) is 10.2 Å². The summed E-state index contributed by atoms with van der Waals surface area (Å²) in [5, 5.41) is 2.85. The molecule has 1 aromatic rings. The van der Waals surface area contributed by atoms with Gasteiger partial charge in [0.2, 0.25) is 5.91 Å². The van der Waals surface area contributed by atoms with Gasteiger partial charge >= 0.3 is 0 Å². The van der Waals surface area contributed by atoms with E-state index in [0.29, 0.717) is 18.5 Å². The number of halogens is 1. The van der Waals surface area contributed by atoms with Crippen molar-refractivity contribution in [3.05, 3.63) is 35.4 Å². The second-order valence-electron chi connectivity index (χ2n) is 6.16. The van der Waals surface area contributed by atoms with Gasteiger partial charge in [-0.2, -0.15) is 11.8 Å². The zero-order chi connectivity index (χ0) is 17.4. The van der Waals surface area contributed by atoms with Crippen molar-refractivity contribution in [2.24, 2.45) is 5.73 Å². The highest BCUT2D eigenvalue weighted by atomic mass is 35.5. The van der Waals surface area contributed by atoms with Crippen molar-refractivity contribution >= 4 is 36.0 Å². The van der Waals surface area contributed by atoms with E-state index in [-0.39, 0.29) is 24.2 Å². The quantitative estimate of drug-likeness (QED) is 0.755. The number of nitrogens with zero attached hydrogens (tertiary/aromatic N) is 1. The van der Waals surface area contributed by atoms with Crippen LogP contribution in [0, 0.1) is 0 Å². The molecule has 0 spiro atoms. The molecule has 1 fully saturated rings. The van der Waals surface area contributed by atoms with E-state index in [0.717, 1.165) is 37.2 Å². The third kappa shape index (κ3) is 6.88. The van der Waals surface area contributed by atoms with E-state index in [2.05, 4.69) is 5.32 Å². The molecule has 2 amide bonds. The number of nitrogens with one attached hydrogen (secondary N) is 1. The number of hydrogen-bond donors (Lipinski definition) is 2. The molecule has 1 unspecified atom stereocenters. The fourth-order valence-electron chi connectivity index (χ4n) is 2.74. The van der Waals surface area contributed by atoms with Crippen molar-refractivity contribution in [1.29, 1.82) is 0 Å². The van der Waals surface area contributed by atoms with Crippen LogP contribution in [0.4, 0.5) is 0 Å². The number of amides is 2. The average Bonchev–Trinajstić information content (AvgIpc) is 2.64. The number of likely N-dealkylation sites (tertiary alicyclic amines) is 1. The topological polar surface area (TPSA) is 75.4 Å². The molecule has 1 saturated heterocycles. The Kier molecular flexibility index (Phi) is 9.93. The fraction of sp³-hybridized carbons (Fsp3) is 0.556. The highest BCUT2D eigenvalue weighted by Crippen LogP contribution is 2.14. The summed E-state index contributed by atoms with van der Waals surface area (Å²) >= 11 is 1.68. The number of thioether (sulfide) groups is 1. The third-order valence-corrected chi connectivity index (χ3v) is 4.92. The molecular formula is C18H28ClN3O2S. The lowest BCUT2D eigenvalue weighted by Gasteiger charge is -2.26. The monoisotopic (exact) mass is 385 g/mol. The summed E-state index contributed by atoms with van der Waals surface area (Å²) in [5.74, 6) is 0.851. The van der Waals surface area contributed by atoms with Crippen molar-refractivity contribution in [2.45, 2.75) is 38.3 Å². The number of carbonyl (C=O) groups is 2. The first kappa shape index (κ1) is 21.8. The number of rotatable bonds is 7. The Hall–Kier alpha value is -1.24. The molecule has 1 aliphatic heterocycles. The molecule has 1 heterocycles. The Labute approximate surface area is 160 Å². The first-order valence-corrected chi connectivity index (χ1v) is 9.91. The normalized spacial score (nSPS) is 15.2. The minimum atomic E-state index is -0.461. The molecule has 0 aromatic heterocycles. The van der Waals surface area contributed by atoms with Gasteiger partial charge in [0.05, 0.1) is 6.04 Å². The van der Waals surface area contributed by atoms with Crippen molar-refractivity contribution < 1.29 is 9.59 Å². The van der Waals surface area contributed by atoms with E-state index in [1.807, 2.05) is 35.4 Å².